The number of carbonyl (C=O) groups excluding carboxylic acids is 1. The number of fused-ring (bicyclic) bond motifs is 1. The Morgan fingerprint density at radius 1 is 1.12 bits per heavy atom. The average Bonchev–Trinajstić information content (AvgIpc) is 2.63. The van der Waals surface area contributed by atoms with Crippen molar-refractivity contribution in [3.8, 4) is 5.75 Å². The summed E-state index contributed by atoms with van der Waals surface area (Å²) in [4.78, 5) is 12.5. The minimum atomic E-state index is -0.293. The van der Waals surface area contributed by atoms with Crippen LogP contribution < -0.4 is 4.74 Å². The van der Waals surface area contributed by atoms with E-state index in [1.807, 2.05) is 43.3 Å². The van der Waals surface area contributed by atoms with Gasteiger partial charge < -0.3 is 9.47 Å². The molecule has 0 saturated carbocycles. The lowest BCUT2D eigenvalue weighted by molar-refractivity contribution is -0.148. The van der Waals surface area contributed by atoms with E-state index in [1.165, 1.54) is 0 Å². The molecule has 0 spiro atoms. The smallest absolute Gasteiger partial charge is 0.313 e. The maximum Gasteiger partial charge on any atom is 0.313 e. The number of ether oxygens (including phenoxy) is 2. The Hall–Kier alpha value is -1.55. The van der Waals surface area contributed by atoms with Crippen LogP contribution in [0.15, 0.2) is 36.4 Å². The highest BCUT2D eigenvalue weighted by molar-refractivity contribution is 9.09. The van der Waals surface area contributed by atoms with Crippen LogP contribution in [0.2, 0.25) is 0 Å². The third-order valence-electron chi connectivity index (χ3n) is 5.17. The molecule has 2 rings (SSSR count). The lowest BCUT2D eigenvalue weighted by Gasteiger charge is -2.31. The number of esters is 1. The molecule has 25 heavy (non-hydrogen) atoms. The van der Waals surface area contributed by atoms with Crippen LogP contribution in [0, 0.1) is 11.3 Å². The highest BCUT2D eigenvalue weighted by atomic mass is 79.9. The summed E-state index contributed by atoms with van der Waals surface area (Å²) in [7, 11) is 1.66. The normalized spacial score (nSPS) is 15.0. The largest absolute Gasteiger partial charge is 0.497 e. The van der Waals surface area contributed by atoms with Gasteiger partial charge in [-0.15, -0.1) is 0 Å². The van der Waals surface area contributed by atoms with Gasteiger partial charge in [0.2, 0.25) is 0 Å². The van der Waals surface area contributed by atoms with Gasteiger partial charge in [-0.1, -0.05) is 61.0 Å². The van der Waals surface area contributed by atoms with Crippen LogP contribution in [0.4, 0.5) is 0 Å². The maximum atomic E-state index is 12.5. The van der Waals surface area contributed by atoms with Gasteiger partial charge in [0.05, 0.1) is 19.6 Å². The second-order valence-corrected chi connectivity index (χ2v) is 7.81. The zero-order valence-corrected chi connectivity index (χ0v) is 17.2. The van der Waals surface area contributed by atoms with Crippen LogP contribution in [-0.4, -0.2) is 25.0 Å². The average molecular weight is 407 g/mol. The van der Waals surface area contributed by atoms with Crippen LogP contribution in [0.3, 0.4) is 0 Å². The summed E-state index contributed by atoms with van der Waals surface area (Å²) in [6, 6.07) is 12.0. The molecule has 0 N–H and O–H groups in total. The molecule has 0 amide bonds. The summed E-state index contributed by atoms with van der Waals surface area (Å²) in [5, 5.41) is 2.98. The molecule has 0 saturated heterocycles. The van der Waals surface area contributed by atoms with Crippen LogP contribution in [0.1, 0.15) is 39.2 Å². The zero-order valence-electron chi connectivity index (χ0n) is 15.6. The van der Waals surface area contributed by atoms with Crippen molar-refractivity contribution in [3.05, 3.63) is 42.0 Å². The van der Waals surface area contributed by atoms with Crippen molar-refractivity contribution in [2.24, 2.45) is 11.3 Å². The SMILES string of the molecule is COc1ccc2cc(C(C)C(=O)OCC(C)(CBr)C(C)C)ccc2c1. The van der Waals surface area contributed by atoms with E-state index in [1.54, 1.807) is 7.11 Å². The first kappa shape index (κ1) is 19.8. The number of rotatable bonds is 7. The van der Waals surface area contributed by atoms with E-state index in [2.05, 4.69) is 36.7 Å². The topological polar surface area (TPSA) is 35.5 Å². The predicted molar refractivity (Wildman–Crippen MR) is 107 cm³/mol. The van der Waals surface area contributed by atoms with Gasteiger partial charge in [-0.05, 0) is 41.3 Å². The molecule has 0 aliphatic carbocycles. The third-order valence-corrected chi connectivity index (χ3v) is 6.45. The standard InChI is InChI=1S/C21H27BrO3/c1-14(2)21(4,12-22)13-25-20(23)15(3)16-6-7-18-11-19(24-5)9-8-17(18)10-16/h6-11,14-15H,12-13H2,1-5H3. The van der Waals surface area contributed by atoms with Crippen LogP contribution in [-0.2, 0) is 9.53 Å². The van der Waals surface area contributed by atoms with Gasteiger partial charge in [0.1, 0.15) is 5.75 Å². The number of hydrogen-bond donors (Lipinski definition) is 0. The summed E-state index contributed by atoms with van der Waals surface area (Å²) >= 11 is 3.54. The minimum absolute atomic E-state index is 0.0602. The summed E-state index contributed by atoms with van der Waals surface area (Å²) in [5.74, 6) is 0.778. The first-order valence-corrected chi connectivity index (χ1v) is 9.73. The molecule has 2 aromatic carbocycles. The monoisotopic (exact) mass is 406 g/mol. The molecular weight excluding hydrogens is 380 g/mol. The van der Waals surface area contributed by atoms with E-state index in [0.29, 0.717) is 12.5 Å². The van der Waals surface area contributed by atoms with Gasteiger partial charge in [0.25, 0.3) is 0 Å². The van der Waals surface area contributed by atoms with E-state index in [4.69, 9.17) is 9.47 Å². The fourth-order valence-electron chi connectivity index (χ4n) is 2.50. The highest BCUT2D eigenvalue weighted by Crippen LogP contribution is 2.31. The molecule has 0 aromatic heterocycles. The Kier molecular flexibility index (Phi) is 6.50. The van der Waals surface area contributed by atoms with Gasteiger partial charge in [-0.25, -0.2) is 0 Å². The third kappa shape index (κ3) is 4.55. The number of halogens is 1. The Morgan fingerprint density at radius 3 is 2.36 bits per heavy atom. The Bertz CT molecular complexity index is 741. The number of benzene rings is 2. The van der Waals surface area contributed by atoms with Gasteiger partial charge in [-0.2, -0.15) is 0 Å². The predicted octanol–water partition coefficient (Wildman–Crippen LogP) is 5.55. The lowest BCUT2D eigenvalue weighted by Crippen LogP contribution is -2.33. The second kappa shape index (κ2) is 8.22. The highest BCUT2D eigenvalue weighted by Gasteiger charge is 2.30. The van der Waals surface area contributed by atoms with E-state index < -0.39 is 0 Å². The van der Waals surface area contributed by atoms with Crippen molar-refractivity contribution in [2.75, 3.05) is 19.0 Å². The maximum absolute atomic E-state index is 12.5. The van der Waals surface area contributed by atoms with Crippen LogP contribution >= 0.6 is 15.9 Å². The van der Waals surface area contributed by atoms with Crippen molar-refractivity contribution in [1.29, 1.82) is 0 Å². The summed E-state index contributed by atoms with van der Waals surface area (Å²) in [5.41, 5.74) is 0.905. The van der Waals surface area contributed by atoms with Gasteiger partial charge in [0.15, 0.2) is 0 Å². The molecular formula is C21H27BrO3. The number of alkyl halides is 1. The second-order valence-electron chi connectivity index (χ2n) is 7.24. The van der Waals surface area contributed by atoms with Crippen LogP contribution in [0.5, 0.6) is 5.75 Å². The van der Waals surface area contributed by atoms with E-state index >= 15 is 0 Å². The molecule has 2 atom stereocenters. The fraction of sp³-hybridized carbons (Fsp3) is 0.476. The quantitative estimate of drug-likeness (QED) is 0.446. The fourth-order valence-corrected chi connectivity index (χ4v) is 3.30. The first-order chi connectivity index (χ1) is 11.8. The zero-order chi connectivity index (χ0) is 18.6. The molecule has 2 unspecified atom stereocenters. The molecule has 2 aromatic rings. The van der Waals surface area contributed by atoms with Gasteiger partial charge >= 0.3 is 5.97 Å². The molecule has 3 nitrogen and oxygen atoms in total. The lowest BCUT2D eigenvalue weighted by atomic mass is 9.82. The van der Waals surface area contributed by atoms with E-state index in [-0.39, 0.29) is 17.3 Å². The molecule has 4 heteroatoms. The van der Waals surface area contributed by atoms with E-state index in [9.17, 15) is 4.79 Å². The Balaban J connectivity index is 2.12. The first-order valence-electron chi connectivity index (χ1n) is 8.61. The van der Waals surface area contributed by atoms with Crippen molar-refractivity contribution in [1.82, 2.24) is 0 Å². The molecule has 0 fully saturated rings. The number of methoxy groups -OCH3 is 1. The molecule has 0 aliphatic rings. The van der Waals surface area contributed by atoms with E-state index in [0.717, 1.165) is 27.4 Å². The Labute approximate surface area is 158 Å². The molecule has 0 bridgehead atoms. The van der Waals surface area contributed by atoms with Gasteiger partial charge in [-0.3, -0.25) is 4.79 Å². The number of hydrogen-bond acceptors (Lipinski definition) is 3. The summed E-state index contributed by atoms with van der Waals surface area (Å²) < 4.78 is 10.9. The molecule has 0 heterocycles. The van der Waals surface area contributed by atoms with Crippen molar-refractivity contribution in [3.63, 3.8) is 0 Å². The Morgan fingerprint density at radius 2 is 1.76 bits per heavy atom. The van der Waals surface area contributed by atoms with Crippen LogP contribution in [0.25, 0.3) is 10.8 Å². The minimum Gasteiger partial charge on any atom is -0.497 e. The molecule has 0 radical (unpaired) electrons. The summed E-state index contributed by atoms with van der Waals surface area (Å²) in [6.07, 6.45) is 0. The van der Waals surface area contributed by atoms with Crippen molar-refractivity contribution in [2.45, 2.75) is 33.6 Å². The van der Waals surface area contributed by atoms with Crippen molar-refractivity contribution >= 4 is 32.7 Å². The molecule has 0 aliphatic heterocycles. The number of carbonyl (C=O) groups is 1. The van der Waals surface area contributed by atoms with Crippen molar-refractivity contribution < 1.29 is 14.3 Å². The van der Waals surface area contributed by atoms with Gasteiger partial charge in [0, 0.05) is 10.7 Å². The summed E-state index contributed by atoms with van der Waals surface area (Å²) in [6.45, 7) is 8.75. The molecule has 136 valence electrons.